The van der Waals surface area contributed by atoms with Crippen LogP contribution in [0.1, 0.15) is 54.8 Å². The number of hydrogen-bond acceptors (Lipinski definition) is 2. The molecule has 0 saturated heterocycles. The third kappa shape index (κ3) is 3.11. The molecule has 2 rings (SSSR count). The van der Waals surface area contributed by atoms with Gasteiger partial charge < -0.3 is 5.32 Å². The van der Waals surface area contributed by atoms with E-state index in [1.54, 1.807) is 0 Å². The lowest BCUT2D eigenvalue weighted by molar-refractivity contribution is 0.167. The summed E-state index contributed by atoms with van der Waals surface area (Å²) in [4.78, 5) is 2.91. The number of hydrogen-bond donors (Lipinski definition) is 1. The minimum Gasteiger partial charge on any atom is -0.309 e. The Morgan fingerprint density at radius 3 is 2.71 bits per heavy atom. The second-order valence-electron chi connectivity index (χ2n) is 6.11. The van der Waals surface area contributed by atoms with E-state index in [4.69, 9.17) is 0 Å². The minimum atomic E-state index is 0.469. The van der Waals surface area contributed by atoms with Crippen LogP contribution < -0.4 is 5.32 Å². The molecule has 1 saturated carbocycles. The number of aryl methyl sites for hydroxylation is 2. The van der Waals surface area contributed by atoms with Crippen LogP contribution in [-0.2, 0) is 6.54 Å². The third-order valence-electron chi connectivity index (χ3n) is 4.19. The zero-order chi connectivity index (χ0) is 12.5. The van der Waals surface area contributed by atoms with Crippen LogP contribution >= 0.6 is 11.3 Å². The molecule has 0 spiro atoms. The normalized spacial score (nSPS) is 23.9. The van der Waals surface area contributed by atoms with Crippen LogP contribution in [0.2, 0.25) is 0 Å². The first-order valence-electron chi connectivity index (χ1n) is 6.78. The second kappa shape index (κ2) is 5.11. The molecule has 1 nitrogen and oxygen atoms in total. The first-order valence-corrected chi connectivity index (χ1v) is 7.60. The molecule has 0 radical (unpaired) electrons. The van der Waals surface area contributed by atoms with E-state index < -0.39 is 0 Å². The zero-order valence-electron chi connectivity index (χ0n) is 11.6. The van der Waals surface area contributed by atoms with Gasteiger partial charge in [0.1, 0.15) is 0 Å². The lowest BCUT2D eigenvalue weighted by Gasteiger charge is -2.39. The van der Waals surface area contributed by atoms with E-state index in [-0.39, 0.29) is 0 Å². The number of thiophene rings is 1. The van der Waals surface area contributed by atoms with Crippen LogP contribution in [0.5, 0.6) is 0 Å². The van der Waals surface area contributed by atoms with Crippen LogP contribution in [0.4, 0.5) is 0 Å². The van der Waals surface area contributed by atoms with Gasteiger partial charge in [-0.15, -0.1) is 11.3 Å². The lowest BCUT2D eigenvalue weighted by Crippen LogP contribution is -2.43. The van der Waals surface area contributed by atoms with E-state index >= 15 is 0 Å². The van der Waals surface area contributed by atoms with E-state index in [1.165, 1.54) is 41.0 Å². The van der Waals surface area contributed by atoms with Crippen molar-refractivity contribution in [3.63, 3.8) is 0 Å². The maximum Gasteiger partial charge on any atom is 0.0219 e. The molecule has 1 N–H and O–H groups in total. The molecule has 1 atom stereocenters. The van der Waals surface area contributed by atoms with Gasteiger partial charge in [-0.3, -0.25) is 0 Å². The van der Waals surface area contributed by atoms with Gasteiger partial charge in [0.15, 0.2) is 0 Å². The first-order chi connectivity index (χ1) is 7.99. The summed E-state index contributed by atoms with van der Waals surface area (Å²) < 4.78 is 0. The zero-order valence-corrected chi connectivity index (χ0v) is 12.4. The van der Waals surface area contributed by atoms with Crippen molar-refractivity contribution in [1.82, 2.24) is 5.32 Å². The fourth-order valence-electron chi connectivity index (χ4n) is 2.96. The van der Waals surface area contributed by atoms with Crippen molar-refractivity contribution in [2.75, 3.05) is 0 Å². The summed E-state index contributed by atoms with van der Waals surface area (Å²) in [5, 5.41) is 3.79. The molecule has 1 heterocycles. The van der Waals surface area contributed by atoms with E-state index in [1.807, 2.05) is 11.3 Å². The van der Waals surface area contributed by atoms with Crippen LogP contribution in [-0.4, -0.2) is 6.04 Å². The fourth-order valence-corrected chi connectivity index (χ4v) is 3.91. The number of rotatable bonds is 3. The molecule has 2 heteroatoms. The molecule has 0 amide bonds. The van der Waals surface area contributed by atoms with Crippen LogP contribution in [0.25, 0.3) is 0 Å². The standard InChI is InChI=1S/C15H25NS/c1-11-9-13(12(2)17-11)10-16-14-7-5-6-8-15(14,3)4/h9,14,16H,5-8,10H2,1-4H3. The minimum absolute atomic E-state index is 0.469. The second-order valence-corrected chi connectivity index (χ2v) is 7.57. The maximum absolute atomic E-state index is 3.79. The van der Waals surface area contributed by atoms with Crippen molar-refractivity contribution >= 4 is 11.3 Å². The largest absolute Gasteiger partial charge is 0.309 e. The van der Waals surface area contributed by atoms with Gasteiger partial charge in [0, 0.05) is 22.3 Å². The van der Waals surface area contributed by atoms with Gasteiger partial charge in [0.2, 0.25) is 0 Å². The van der Waals surface area contributed by atoms with Crippen molar-refractivity contribution < 1.29 is 0 Å². The van der Waals surface area contributed by atoms with E-state index in [9.17, 15) is 0 Å². The van der Waals surface area contributed by atoms with Gasteiger partial charge in [0.05, 0.1) is 0 Å². The van der Waals surface area contributed by atoms with Crippen LogP contribution in [0.3, 0.4) is 0 Å². The first kappa shape index (κ1) is 13.1. The quantitative estimate of drug-likeness (QED) is 0.838. The summed E-state index contributed by atoms with van der Waals surface area (Å²) in [5.74, 6) is 0. The summed E-state index contributed by atoms with van der Waals surface area (Å²) in [6.45, 7) is 10.3. The molecule has 0 aliphatic heterocycles. The molecular weight excluding hydrogens is 226 g/mol. The van der Waals surface area contributed by atoms with Gasteiger partial charge in [-0.1, -0.05) is 26.7 Å². The predicted molar refractivity (Wildman–Crippen MR) is 76.7 cm³/mol. The van der Waals surface area contributed by atoms with Crippen molar-refractivity contribution in [1.29, 1.82) is 0 Å². The van der Waals surface area contributed by atoms with Crippen LogP contribution in [0, 0.1) is 19.3 Å². The van der Waals surface area contributed by atoms with Crippen molar-refractivity contribution in [2.24, 2.45) is 5.41 Å². The highest BCUT2D eigenvalue weighted by Crippen LogP contribution is 2.35. The lowest BCUT2D eigenvalue weighted by atomic mass is 9.73. The molecule has 1 aromatic rings. The molecule has 0 bridgehead atoms. The Kier molecular flexibility index (Phi) is 3.94. The molecule has 1 fully saturated rings. The Morgan fingerprint density at radius 2 is 2.12 bits per heavy atom. The third-order valence-corrected chi connectivity index (χ3v) is 5.20. The summed E-state index contributed by atoms with van der Waals surface area (Å²) >= 11 is 1.92. The molecule has 1 unspecified atom stereocenters. The Morgan fingerprint density at radius 1 is 1.35 bits per heavy atom. The summed E-state index contributed by atoms with van der Waals surface area (Å²) in [6.07, 6.45) is 5.51. The van der Waals surface area contributed by atoms with Gasteiger partial charge in [0.25, 0.3) is 0 Å². The molecule has 1 aliphatic carbocycles. The predicted octanol–water partition coefficient (Wildman–Crippen LogP) is 4.42. The van der Waals surface area contributed by atoms with Gasteiger partial charge >= 0.3 is 0 Å². The molecular formula is C15H25NS. The molecule has 1 aromatic heterocycles. The summed E-state index contributed by atoms with van der Waals surface area (Å²) in [6, 6.07) is 3.03. The maximum atomic E-state index is 3.79. The molecule has 0 aromatic carbocycles. The Labute approximate surface area is 110 Å². The summed E-state index contributed by atoms with van der Waals surface area (Å²) in [7, 11) is 0. The molecule has 17 heavy (non-hydrogen) atoms. The van der Waals surface area contributed by atoms with E-state index in [2.05, 4.69) is 39.1 Å². The Hall–Kier alpha value is -0.340. The fraction of sp³-hybridized carbons (Fsp3) is 0.733. The van der Waals surface area contributed by atoms with Gasteiger partial charge in [-0.05, 0) is 43.7 Å². The van der Waals surface area contributed by atoms with Crippen molar-refractivity contribution in [3.05, 3.63) is 21.4 Å². The Bertz CT molecular complexity index is 378. The highest BCUT2D eigenvalue weighted by atomic mass is 32.1. The van der Waals surface area contributed by atoms with E-state index in [0.29, 0.717) is 11.5 Å². The van der Waals surface area contributed by atoms with Gasteiger partial charge in [-0.25, -0.2) is 0 Å². The molecule has 96 valence electrons. The smallest absolute Gasteiger partial charge is 0.0219 e. The highest BCUT2D eigenvalue weighted by Gasteiger charge is 2.31. The van der Waals surface area contributed by atoms with Crippen molar-refractivity contribution in [3.8, 4) is 0 Å². The highest BCUT2D eigenvalue weighted by molar-refractivity contribution is 7.12. The average molecular weight is 251 g/mol. The summed E-state index contributed by atoms with van der Waals surface area (Å²) in [5.41, 5.74) is 1.96. The topological polar surface area (TPSA) is 12.0 Å². The molecule has 1 aliphatic rings. The number of nitrogens with one attached hydrogen (secondary N) is 1. The van der Waals surface area contributed by atoms with Crippen LogP contribution in [0.15, 0.2) is 6.07 Å². The SMILES string of the molecule is Cc1cc(CNC2CCCCC2(C)C)c(C)s1. The van der Waals surface area contributed by atoms with Gasteiger partial charge in [-0.2, -0.15) is 0 Å². The van der Waals surface area contributed by atoms with E-state index in [0.717, 1.165) is 6.54 Å². The monoisotopic (exact) mass is 251 g/mol. The Balaban J connectivity index is 1.95. The average Bonchev–Trinajstić information content (AvgIpc) is 2.55. The van der Waals surface area contributed by atoms with Crippen molar-refractivity contribution in [2.45, 2.75) is 66.0 Å².